The number of benzene rings is 2. The fourth-order valence-electron chi connectivity index (χ4n) is 5.07. The minimum atomic E-state index is -0.871. The summed E-state index contributed by atoms with van der Waals surface area (Å²) in [5, 5.41) is 17.7. The summed E-state index contributed by atoms with van der Waals surface area (Å²) >= 11 is 0. The van der Waals surface area contributed by atoms with Crippen molar-refractivity contribution in [2.24, 2.45) is 0 Å². The second kappa shape index (κ2) is 7.82. The summed E-state index contributed by atoms with van der Waals surface area (Å²) < 4.78 is 18.8. The lowest BCUT2D eigenvalue weighted by Gasteiger charge is -2.22. The predicted octanol–water partition coefficient (Wildman–Crippen LogP) is 3.72. The summed E-state index contributed by atoms with van der Waals surface area (Å²) in [4.78, 5) is 4.10. The van der Waals surface area contributed by atoms with Gasteiger partial charge in [0.2, 0.25) is 0 Å². The Morgan fingerprint density at radius 3 is 2.62 bits per heavy atom. The molecule has 0 spiro atoms. The van der Waals surface area contributed by atoms with Gasteiger partial charge in [0.15, 0.2) is 5.82 Å². The first-order valence-corrected chi connectivity index (χ1v) is 11.3. The number of nitrogens with zero attached hydrogens (tertiary/aromatic N) is 7. The summed E-state index contributed by atoms with van der Waals surface area (Å²) in [5.74, 6) is 0.782. The Labute approximate surface area is 197 Å². The standard InChI is InChI=1S/C26H24FN7/c1-31(2)25-15-32(14-22(25)27)21-7-8-23-20(9-21)13-33-12-19(18-5-3-17(11-28)4-6-18)10-24(33)26-30-29-16-34(23)26/h3-10,12,16,22,25H,13-15H2,1-2H3/t22-,25+/m0/s1. The molecule has 0 radical (unpaired) electrons. The van der Waals surface area contributed by atoms with Crippen molar-refractivity contribution in [3.05, 3.63) is 72.2 Å². The number of rotatable bonds is 3. The van der Waals surface area contributed by atoms with E-state index in [-0.39, 0.29) is 6.04 Å². The van der Waals surface area contributed by atoms with Crippen LogP contribution in [0.15, 0.2) is 61.1 Å². The topological polar surface area (TPSA) is 65.9 Å². The summed E-state index contributed by atoms with van der Waals surface area (Å²) in [7, 11) is 3.87. The van der Waals surface area contributed by atoms with Crippen LogP contribution in [-0.4, -0.2) is 63.6 Å². The minimum absolute atomic E-state index is 0.103. The van der Waals surface area contributed by atoms with Crippen molar-refractivity contribution in [2.45, 2.75) is 18.8 Å². The van der Waals surface area contributed by atoms with E-state index < -0.39 is 6.17 Å². The van der Waals surface area contributed by atoms with E-state index in [1.165, 1.54) is 0 Å². The van der Waals surface area contributed by atoms with E-state index in [4.69, 9.17) is 5.26 Å². The van der Waals surface area contributed by atoms with Gasteiger partial charge in [0.25, 0.3) is 0 Å². The smallest absolute Gasteiger partial charge is 0.185 e. The molecule has 0 N–H and O–H groups in total. The van der Waals surface area contributed by atoms with Gasteiger partial charge in [-0.15, -0.1) is 10.2 Å². The van der Waals surface area contributed by atoms with Gasteiger partial charge in [0.05, 0.1) is 35.6 Å². The van der Waals surface area contributed by atoms with E-state index in [1.54, 1.807) is 6.33 Å². The SMILES string of the molecule is CN(C)[C@@H]1CN(c2ccc3c(c2)Cn2cc(-c4ccc(C#N)cc4)cc2-c2nncn2-3)C[C@@H]1F. The third kappa shape index (κ3) is 3.28. The van der Waals surface area contributed by atoms with E-state index >= 15 is 0 Å². The Bertz CT molecular complexity index is 1410. The number of alkyl halides is 1. The molecule has 1 fully saturated rings. The van der Waals surface area contributed by atoms with Gasteiger partial charge < -0.3 is 14.4 Å². The molecule has 0 saturated carbocycles. The van der Waals surface area contributed by atoms with Crippen LogP contribution in [0.5, 0.6) is 0 Å². The number of anilines is 1. The van der Waals surface area contributed by atoms with Crippen LogP contribution < -0.4 is 4.90 Å². The molecule has 34 heavy (non-hydrogen) atoms. The van der Waals surface area contributed by atoms with E-state index in [0.29, 0.717) is 25.2 Å². The molecule has 2 aliphatic rings. The molecular formula is C26H24FN7. The molecule has 0 unspecified atom stereocenters. The normalized spacial score (nSPS) is 18.9. The lowest BCUT2D eigenvalue weighted by atomic mass is 10.1. The van der Waals surface area contributed by atoms with Crippen LogP contribution >= 0.6 is 0 Å². The van der Waals surface area contributed by atoms with Gasteiger partial charge in [-0.1, -0.05) is 12.1 Å². The number of nitriles is 1. The fourth-order valence-corrected chi connectivity index (χ4v) is 5.07. The predicted molar refractivity (Wildman–Crippen MR) is 129 cm³/mol. The zero-order valence-corrected chi connectivity index (χ0v) is 19.1. The summed E-state index contributed by atoms with van der Waals surface area (Å²) in [6.07, 6.45) is 2.99. The van der Waals surface area contributed by atoms with Crippen LogP contribution in [0.4, 0.5) is 10.1 Å². The second-order valence-electron chi connectivity index (χ2n) is 9.22. The van der Waals surface area contributed by atoms with Crippen LogP contribution in [0, 0.1) is 11.3 Å². The molecule has 8 heteroatoms. The number of likely N-dealkylation sites (N-methyl/N-ethyl adjacent to an activating group) is 1. The van der Waals surface area contributed by atoms with Crippen molar-refractivity contribution in [3.63, 3.8) is 0 Å². The second-order valence-corrected chi connectivity index (χ2v) is 9.22. The first-order valence-electron chi connectivity index (χ1n) is 11.3. The van der Waals surface area contributed by atoms with Crippen LogP contribution in [0.3, 0.4) is 0 Å². The van der Waals surface area contributed by atoms with Gasteiger partial charge in [-0.25, -0.2) is 4.39 Å². The summed E-state index contributed by atoms with van der Waals surface area (Å²) in [5.41, 5.74) is 6.91. The Morgan fingerprint density at radius 2 is 1.88 bits per heavy atom. The maximum Gasteiger partial charge on any atom is 0.185 e. The molecule has 7 nitrogen and oxygen atoms in total. The molecule has 4 heterocycles. The molecule has 2 aromatic heterocycles. The molecule has 2 aromatic carbocycles. The van der Waals surface area contributed by atoms with E-state index in [1.807, 2.05) is 47.8 Å². The third-order valence-corrected chi connectivity index (χ3v) is 6.93. The molecule has 6 rings (SSSR count). The van der Waals surface area contributed by atoms with Crippen molar-refractivity contribution in [1.82, 2.24) is 24.2 Å². The quantitative estimate of drug-likeness (QED) is 0.417. The first-order chi connectivity index (χ1) is 16.5. The number of hydrogen-bond acceptors (Lipinski definition) is 5. The lowest BCUT2D eigenvalue weighted by molar-refractivity contribution is 0.202. The number of aromatic nitrogens is 4. The minimum Gasteiger partial charge on any atom is -0.367 e. The van der Waals surface area contributed by atoms with E-state index in [0.717, 1.165) is 39.6 Å². The fraction of sp³-hybridized carbons (Fsp3) is 0.269. The van der Waals surface area contributed by atoms with Crippen molar-refractivity contribution in [1.29, 1.82) is 5.26 Å². The highest BCUT2D eigenvalue weighted by Gasteiger charge is 2.34. The number of halogens is 1. The maximum atomic E-state index is 14.6. The van der Waals surface area contributed by atoms with Gasteiger partial charge in [-0.3, -0.25) is 4.57 Å². The molecule has 2 aliphatic heterocycles. The highest BCUT2D eigenvalue weighted by molar-refractivity contribution is 5.72. The Morgan fingerprint density at radius 1 is 1.06 bits per heavy atom. The molecule has 1 saturated heterocycles. The lowest BCUT2D eigenvalue weighted by Crippen LogP contribution is -2.36. The number of fused-ring (bicyclic) bond motifs is 5. The molecule has 0 amide bonds. The Balaban J connectivity index is 1.40. The van der Waals surface area contributed by atoms with Gasteiger partial charge in [-0.2, -0.15) is 5.26 Å². The summed E-state index contributed by atoms with van der Waals surface area (Å²) in [6.45, 7) is 1.74. The van der Waals surface area contributed by atoms with Gasteiger partial charge in [0.1, 0.15) is 12.5 Å². The Hall–Kier alpha value is -3.96. The third-order valence-electron chi connectivity index (χ3n) is 6.93. The van der Waals surface area contributed by atoms with Crippen molar-refractivity contribution >= 4 is 5.69 Å². The molecule has 2 atom stereocenters. The van der Waals surface area contributed by atoms with Gasteiger partial charge in [-0.05, 0) is 61.6 Å². The zero-order chi connectivity index (χ0) is 23.4. The van der Waals surface area contributed by atoms with Gasteiger partial charge in [0, 0.05) is 30.5 Å². The van der Waals surface area contributed by atoms with E-state index in [9.17, 15) is 4.39 Å². The van der Waals surface area contributed by atoms with E-state index in [2.05, 4.69) is 56.2 Å². The number of hydrogen-bond donors (Lipinski definition) is 0. The monoisotopic (exact) mass is 453 g/mol. The van der Waals surface area contributed by atoms with Crippen molar-refractivity contribution in [2.75, 3.05) is 32.1 Å². The van der Waals surface area contributed by atoms with Crippen molar-refractivity contribution < 1.29 is 4.39 Å². The Kier molecular flexibility index (Phi) is 4.74. The molecule has 0 bridgehead atoms. The van der Waals surface area contributed by atoms with Crippen LogP contribution in [-0.2, 0) is 6.54 Å². The molecule has 4 aromatic rings. The largest absolute Gasteiger partial charge is 0.367 e. The van der Waals surface area contributed by atoms with Gasteiger partial charge >= 0.3 is 0 Å². The summed E-state index contributed by atoms with van der Waals surface area (Å²) in [6, 6.07) is 18.1. The molecule has 170 valence electrons. The molecule has 0 aliphatic carbocycles. The average Bonchev–Trinajstić information content (AvgIpc) is 3.56. The van der Waals surface area contributed by atoms with Crippen LogP contribution in [0.2, 0.25) is 0 Å². The van der Waals surface area contributed by atoms with Crippen LogP contribution in [0.1, 0.15) is 11.1 Å². The highest BCUT2D eigenvalue weighted by atomic mass is 19.1. The zero-order valence-electron chi connectivity index (χ0n) is 19.1. The van der Waals surface area contributed by atoms with Crippen molar-refractivity contribution in [3.8, 4) is 34.4 Å². The first kappa shape index (κ1) is 20.6. The maximum absolute atomic E-state index is 14.6. The van der Waals surface area contributed by atoms with Crippen LogP contribution in [0.25, 0.3) is 28.3 Å². The highest BCUT2D eigenvalue weighted by Crippen LogP contribution is 2.35. The average molecular weight is 454 g/mol. The molecular weight excluding hydrogens is 429 g/mol.